The van der Waals surface area contributed by atoms with Crippen molar-refractivity contribution < 1.29 is 13.2 Å². The lowest BCUT2D eigenvalue weighted by Crippen LogP contribution is -2.08. The Morgan fingerprint density at radius 3 is 2.56 bits per heavy atom. The van der Waals surface area contributed by atoms with Crippen LogP contribution in [0.2, 0.25) is 0 Å². The van der Waals surface area contributed by atoms with E-state index in [0.29, 0.717) is 0 Å². The molecule has 1 aromatic carbocycles. The molecule has 1 heterocycles. The molecule has 0 bridgehead atoms. The number of anilines is 1. The van der Waals surface area contributed by atoms with Crippen LogP contribution in [0.4, 0.5) is 18.9 Å². The lowest BCUT2D eigenvalue weighted by Gasteiger charge is -2.11. The third-order valence-electron chi connectivity index (χ3n) is 2.41. The van der Waals surface area contributed by atoms with Crippen LogP contribution in [0.1, 0.15) is 11.3 Å². The highest BCUT2D eigenvalue weighted by Gasteiger charge is 2.31. The lowest BCUT2D eigenvalue weighted by atomic mass is 10.1. The second kappa shape index (κ2) is 4.11. The highest BCUT2D eigenvalue weighted by Crippen LogP contribution is 2.32. The van der Waals surface area contributed by atoms with Crippen molar-refractivity contribution in [3.05, 3.63) is 47.8 Å². The molecule has 0 saturated carbocycles. The molecule has 0 saturated heterocycles. The van der Waals surface area contributed by atoms with Gasteiger partial charge in [-0.1, -0.05) is 0 Å². The second-order valence-corrected chi connectivity index (χ2v) is 3.69. The van der Waals surface area contributed by atoms with Gasteiger partial charge in [-0.15, -0.1) is 0 Å². The SMILES string of the molecule is N#Cc1cccn1-c1cc(N)cc(C(F)(F)F)c1. The summed E-state index contributed by atoms with van der Waals surface area (Å²) in [6.07, 6.45) is -2.96. The number of nitrogens with two attached hydrogens (primary N) is 1. The molecule has 1 aromatic heterocycles. The lowest BCUT2D eigenvalue weighted by molar-refractivity contribution is -0.137. The topological polar surface area (TPSA) is 54.7 Å². The Labute approximate surface area is 101 Å². The number of hydrogen-bond acceptors (Lipinski definition) is 2. The molecule has 0 spiro atoms. The maximum Gasteiger partial charge on any atom is 0.416 e. The van der Waals surface area contributed by atoms with Gasteiger partial charge in [0, 0.05) is 17.6 Å². The summed E-state index contributed by atoms with van der Waals surface area (Å²) in [6, 6.07) is 8.18. The number of alkyl halides is 3. The Kier molecular flexibility index (Phi) is 2.75. The number of rotatable bonds is 1. The third kappa shape index (κ3) is 2.15. The van der Waals surface area contributed by atoms with Gasteiger partial charge in [0.1, 0.15) is 11.8 Å². The fourth-order valence-electron chi connectivity index (χ4n) is 1.63. The number of nitriles is 1. The van der Waals surface area contributed by atoms with Gasteiger partial charge in [0.2, 0.25) is 0 Å². The highest BCUT2D eigenvalue weighted by atomic mass is 19.4. The van der Waals surface area contributed by atoms with Crippen LogP contribution in [0, 0.1) is 11.3 Å². The predicted octanol–water partition coefficient (Wildman–Crippen LogP) is 2.95. The van der Waals surface area contributed by atoms with Crippen molar-refractivity contribution in [1.82, 2.24) is 4.57 Å². The first-order chi connectivity index (χ1) is 8.41. The zero-order valence-corrected chi connectivity index (χ0v) is 9.07. The van der Waals surface area contributed by atoms with Crippen molar-refractivity contribution in [3.8, 4) is 11.8 Å². The Bertz CT molecular complexity index is 620. The van der Waals surface area contributed by atoms with Crippen LogP contribution >= 0.6 is 0 Å². The summed E-state index contributed by atoms with van der Waals surface area (Å²) in [6.45, 7) is 0. The molecule has 92 valence electrons. The molecule has 2 N–H and O–H groups in total. The highest BCUT2D eigenvalue weighted by molar-refractivity contribution is 5.53. The average molecular weight is 251 g/mol. The van der Waals surface area contributed by atoms with E-state index in [4.69, 9.17) is 11.0 Å². The summed E-state index contributed by atoms with van der Waals surface area (Å²) < 4.78 is 39.3. The largest absolute Gasteiger partial charge is 0.416 e. The Balaban J connectivity index is 2.60. The Morgan fingerprint density at radius 1 is 1.22 bits per heavy atom. The molecule has 0 amide bonds. The van der Waals surface area contributed by atoms with Crippen molar-refractivity contribution in [2.75, 3.05) is 5.73 Å². The molecule has 0 radical (unpaired) electrons. The first-order valence-corrected chi connectivity index (χ1v) is 4.97. The van der Waals surface area contributed by atoms with Crippen LogP contribution in [0.5, 0.6) is 0 Å². The van der Waals surface area contributed by atoms with Gasteiger partial charge in [-0.3, -0.25) is 0 Å². The summed E-state index contributed by atoms with van der Waals surface area (Å²) >= 11 is 0. The van der Waals surface area contributed by atoms with Gasteiger partial charge >= 0.3 is 6.18 Å². The molecule has 0 aliphatic rings. The monoisotopic (exact) mass is 251 g/mol. The molecule has 0 aliphatic heterocycles. The summed E-state index contributed by atoms with van der Waals surface area (Å²) in [4.78, 5) is 0. The molecule has 0 unspecified atom stereocenters. The number of benzene rings is 1. The van der Waals surface area contributed by atoms with Crippen LogP contribution in [-0.2, 0) is 6.18 Å². The van der Waals surface area contributed by atoms with Crippen molar-refractivity contribution in [1.29, 1.82) is 5.26 Å². The van der Waals surface area contributed by atoms with Crippen LogP contribution in [0.25, 0.3) is 5.69 Å². The zero-order valence-electron chi connectivity index (χ0n) is 9.07. The maximum absolute atomic E-state index is 12.6. The molecular formula is C12H8F3N3. The molecule has 0 aliphatic carbocycles. The van der Waals surface area contributed by atoms with Crippen molar-refractivity contribution in [2.24, 2.45) is 0 Å². The molecule has 18 heavy (non-hydrogen) atoms. The summed E-state index contributed by atoms with van der Waals surface area (Å²) in [5.41, 5.74) is 5.07. The quantitative estimate of drug-likeness (QED) is 0.792. The summed E-state index contributed by atoms with van der Waals surface area (Å²) in [5.74, 6) is 0. The van der Waals surface area contributed by atoms with Gasteiger partial charge in [0.15, 0.2) is 0 Å². The number of nitrogens with zero attached hydrogens (tertiary/aromatic N) is 2. The first-order valence-electron chi connectivity index (χ1n) is 4.97. The van der Waals surface area contributed by atoms with Crippen LogP contribution < -0.4 is 5.73 Å². The second-order valence-electron chi connectivity index (χ2n) is 3.69. The van der Waals surface area contributed by atoms with Crippen LogP contribution in [0.3, 0.4) is 0 Å². The van der Waals surface area contributed by atoms with Crippen molar-refractivity contribution >= 4 is 5.69 Å². The smallest absolute Gasteiger partial charge is 0.399 e. The predicted molar refractivity (Wildman–Crippen MR) is 59.9 cm³/mol. The first kappa shape index (κ1) is 12.0. The normalized spacial score (nSPS) is 11.2. The van der Waals surface area contributed by atoms with Crippen LogP contribution in [-0.4, -0.2) is 4.57 Å². The van der Waals surface area contributed by atoms with Gasteiger partial charge in [-0.2, -0.15) is 18.4 Å². The van der Waals surface area contributed by atoms with Gasteiger partial charge in [0.25, 0.3) is 0 Å². The minimum Gasteiger partial charge on any atom is -0.399 e. The fraction of sp³-hybridized carbons (Fsp3) is 0.0833. The number of nitrogen functional groups attached to an aromatic ring is 1. The molecule has 3 nitrogen and oxygen atoms in total. The van der Waals surface area contributed by atoms with E-state index in [1.54, 1.807) is 6.07 Å². The van der Waals surface area contributed by atoms with E-state index in [0.717, 1.165) is 12.1 Å². The van der Waals surface area contributed by atoms with E-state index < -0.39 is 11.7 Å². The van der Waals surface area contributed by atoms with E-state index in [-0.39, 0.29) is 17.1 Å². The number of halogens is 3. The van der Waals surface area contributed by atoms with Gasteiger partial charge in [-0.05, 0) is 30.3 Å². The van der Waals surface area contributed by atoms with Gasteiger partial charge in [0.05, 0.1) is 5.56 Å². The number of hydrogen-bond donors (Lipinski definition) is 1. The van der Waals surface area contributed by atoms with Crippen LogP contribution in [0.15, 0.2) is 36.5 Å². The number of aromatic nitrogens is 1. The third-order valence-corrected chi connectivity index (χ3v) is 2.41. The van der Waals surface area contributed by atoms with E-state index in [9.17, 15) is 13.2 Å². The molecule has 2 aromatic rings. The standard InChI is InChI=1S/C12H8F3N3/c13-12(14,15)8-4-9(17)6-11(5-8)18-3-1-2-10(18)7-16/h1-6H,17H2. The van der Waals surface area contributed by atoms with E-state index in [1.807, 2.05) is 6.07 Å². The maximum atomic E-state index is 12.6. The minimum atomic E-state index is -4.47. The Morgan fingerprint density at radius 2 is 1.94 bits per heavy atom. The average Bonchev–Trinajstić information content (AvgIpc) is 2.74. The fourth-order valence-corrected chi connectivity index (χ4v) is 1.63. The summed E-state index contributed by atoms with van der Waals surface area (Å²) in [7, 11) is 0. The molecule has 0 atom stereocenters. The zero-order chi connectivity index (χ0) is 13.3. The van der Waals surface area contributed by atoms with E-state index in [2.05, 4.69) is 0 Å². The van der Waals surface area contributed by atoms with Crippen molar-refractivity contribution in [2.45, 2.75) is 6.18 Å². The molecule has 6 heteroatoms. The Hall–Kier alpha value is -2.42. The molecular weight excluding hydrogens is 243 g/mol. The van der Waals surface area contributed by atoms with Crippen molar-refractivity contribution in [3.63, 3.8) is 0 Å². The van der Waals surface area contributed by atoms with E-state index in [1.165, 1.54) is 22.9 Å². The molecule has 2 rings (SSSR count). The summed E-state index contributed by atoms with van der Waals surface area (Å²) in [5, 5.41) is 8.84. The van der Waals surface area contributed by atoms with Gasteiger partial charge in [-0.25, -0.2) is 0 Å². The minimum absolute atomic E-state index is 0.00239. The van der Waals surface area contributed by atoms with E-state index >= 15 is 0 Å². The van der Waals surface area contributed by atoms with Gasteiger partial charge < -0.3 is 10.3 Å². The molecule has 0 fully saturated rings.